The lowest BCUT2D eigenvalue weighted by Crippen LogP contribution is -2.00. The van der Waals surface area contributed by atoms with Crippen molar-refractivity contribution >= 4 is 23.1 Å². The van der Waals surface area contributed by atoms with Crippen LogP contribution in [0.2, 0.25) is 0 Å². The Bertz CT molecular complexity index is 961. The molecule has 4 rings (SSSR count). The molecule has 5 nitrogen and oxygen atoms in total. The summed E-state index contributed by atoms with van der Waals surface area (Å²) in [7, 11) is 0. The molecule has 7 heteroatoms. The largest absolute Gasteiger partial charge is 0.287 e. The van der Waals surface area contributed by atoms with E-state index < -0.39 is 0 Å². The second kappa shape index (κ2) is 7.16. The second-order valence-corrected chi connectivity index (χ2v) is 7.23. The summed E-state index contributed by atoms with van der Waals surface area (Å²) in [5, 5.41) is 12.6. The molecule has 0 aliphatic heterocycles. The summed E-state index contributed by atoms with van der Waals surface area (Å²) in [5.74, 6) is 2.45. The molecule has 25 heavy (non-hydrogen) atoms. The van der Waals surface area contributed by atoms with Crippen molar-refractivity contribution < 1.29 is 0 Å². The summed E-state index contributed by atoms with van der Waals surface area (Å²) in [6, 6.07) is 14.2. The van der Waals surface area contributed by atoms with Crippen LogP contribution in [0.3, 0.4) is 0 Å². The molecule has 124 valence electrons. The number of aryl methyl sites for hydroxylation is 1. The first kappa shape index (κ1) is 16.0. The van der Waals surface area contributed by atoms with Crippen LogP contribution in [0.15, 0.2) is 65.3 Å². The van der Waals surface area contributed by atoms with E-state index in [1.807, 2.05) is 48.0 Å². The van der Waals surface area contributed by atoms with Crippen LogP contribution in [0.5, 0.6) is 0 Å². The minimum absolute atomic E-state index is 0.777. The number of hydrogen-bond acceptors (Lipinski definition) is 6. The molecule has 1 aromatic carbocycles. The van der Waals surface area contributed by atoms with Crippen LogP contribution in [-0.4, -0.2) is 24.7 Å². The van der Waals surface area contributed by atoms with Crippen LogP contribution in [0.4, 0.5) is 0 Å². The van der Waals surface area contributed by atoms with E-state index in [1.54, 1.807) is 29.3 Å². The number of hydrogen-bond donors (Lipinski definition) is 0. The maximum atomic E-state index is 4.70. The van der Waals surface area contributed by atoms with Gasteiger partial charge in [0.2, 0.25) is 0 Å². The summed E-state index contributed by atoms with van der Waals surface area (Å²) in [5.41, 5.74) is 2.22. The van der Waals surface area contributed by atoms with Gasteiger partial charge in [0.05, 0.1) is 5.69 Å². The van der Waals surface area contributed by atoms with E-state index in [4.69, 9.17) is 4.98 Å². The summed E-state index contributed by atoms with van der Waals surface area (Å²) < 4.78 is 1.91. The molecule has 0 amide bonds. The van der Waals surface area contributed by atoms with Crippen molar-refractivity contribution in [2.75, 3.05) is 0 Å². The van der Waals surface area contributed by atoms with Gasteiger partial charge in [-0.2, -0.15) is 0 Å². The summed E-state index contributed by atoms with van der Waals surface area (Å²) in [6.07, 6.45) is 3.64. The van der Waals surface area contributed by atoms with Crippen molar-refractivity contribution in [1.29, 1.82) is 0 Å². The fourth-order valence-corrected chi connectivity index (χ4v) is 4.01. The van der Waals surface area contributed by atoms with Crippen LogP contribution in [0.25, 0.3) is 16.4 Å². The maximum absolute atomic E-state index is 4.70. The molecule has 0 aliphatic rings. The van der Waals surface area contributed by atoms with Crippen LogP contribution in [0, 0.1) is 6.92 Å². The quantitative estimate of drug-likeness (QED) is 0.491. The normalized spacial score (nSPS) is 10.9. The zero-order valence-corrected chi connectivity index (χ0v) is 15.2. The van der Waals surface area contributed by atoms with Gasteiger partial charge in [-0.25, -0.2) is 9.97 Å². The van der Waals surface area contributed by atoms with Crippen LogP contribution < -0.4 is 0 Å². The van der Waals surface area contributed by atoms with E-state index in [-0.39, 0.29) is 0 Å². The van der Waals surface area contributed by atoms with Crippen molar-refractivity contribution in [2.45, 2.75) is 17.7 Å². The van der Waals surface area contributed by atoms with Crippen LogP contribution in [-0.2, 0) is 5.75 Å². The minimum Gasteiger partial charge on any atom is -0.287 e. The van der Waals surface area contributed by atoms with E-state index in [1.165, 1.54) is 0 Å². The molecule has 3 aromatic heterocycles. The molecule has 4 aromatic rings. The second-order valence-electron chi connectivity index (χ2n) is 5.37. The predicted octanol–water partition coefficient (Wildman–Crippen LogP) is 4.39. The van der Waals surface area contributed by atoms with Gasteiger partial charge in [-0.15, -0.1) is 21.5 Å². The molecule has 0 spiro atoms. The Morgan fingerprint density at radius 2 is 1.96 bits per heavy atom. The first-order valence-corrected chi connectivity index (χ1v) is 9.63. The van der Waals surface area contributed by atoms with Gasteiger partial charge in [0.25, 0.3) is 0 Å². The van der Waals surface area contributed by atoms with Crippen molar-refractivity contribution in [3.63, 3.8) is 0 Å². The molecule has 0 unspecified atom stereocenters. The van der Waals surface area contributed by atoms with Crippen molar-refractivity contribution in [3.05, 3.63) is 71.8 Å². The highest BCUT2D eigenvalue weighted by atomic mass is 32.2. The highest BCUT2D eigenvalue weighted by Crippen LogP contribution is 2.27. The lowest BCUT2D eigenvalue weighted by Gasteiger charge is -2.03. The molecule has 0 saturated carbocycles. The molecule has 0 bridgehead atoms. The Balaban J connectivity index is 1.42. The molecule has 0 atom stereocenters. The first-order chi connectivity index (χ1) is 12.3. The Morgan fingerprint density at radius 3 is 2.68 bits per heavy atom. The fraction of sp³-hybridized carbons (Fsp3) is 0.111. The lowest BCUT2D eigenvalue weighted by atomic mass is 10.2. The van der Waals surface area contributed by atoms with E-state index in [9.17, 15) is 0 Å². The molecule has 0 N–H and O–H groups in total. The van der Waals surface area contributed by atoms with Gasteiger partial charge >= 0.3 is 0 Å². The standard InChI is InChI=1S/C18H15N5S2/c1-13-19-9-10-23(13)16-7-8-17(22-21-16)24-11-15-12-25-18(20-15)14-5-3-2-4-6-14/h2-10,12H,11H2,1H3. The summed E-state index contributed by atoms with van der Waals surface area (Å²) >= 11 is 3.31. The van der Waals surface area contributed by atoms with E-state index in [0.29, 0.717) is 0 Å². The van der Waals surface area contributed by atoms with Gasteiger partial charge in [0.1, 0.15) is 15.9 Å². The smallest absolute Gasteiger partial charge is 0.160 e. The number of aromatic nitrogens is 5. The molecule has 0 fully saturated rings. The SMILES string of the molecule is Cc1nccn1-c1ccc(SCc2csc(-c3ccccc3)n2)nn1. The van der Waals surface area contributed by atoms with E-state index >= 15 is 0 Å². The molecule has 0 radical (unpaired) electrons. The van der Waals surface area contributed by atoms with E-state index in [2.05, 4.69) is 32.7 Å². The minimum atomic E-state index is 0.777. The third kappa shape index (κ3) is 3.62. The van der Waals surface area contributed by atoms with Gasteiger partial charge < -0.3 is 0 Å². The zero-order chi connectivity index (χ0) is 17.1. The highest BCUT2D eigenvalue weighted by molar-refractivity contribution is 7.98. The van der Waals surface area contributed by atoms with Gasteiger partial charge in [-0.1, -0.05) is 42.1 Å². The number of thiazole rings is 1. The maximum Gasteiger partial charge on any atom is 0.160 e. The molecular formula is C18H15N5S2. The van der Waals surface area contributed by atoms with Crippen LogP contribution in [0.1, 0.15) is 11.5 Å². The summed E-state index contributed by atoms with van der Waals surface area (Å²) in [4.78, 5) is 8.90. The highest BCUT2D eigenvalue weighted by Gasteiger charge is 2.07. The van der Waals surface area contributed by atoms with Gasteiger partial charge in [0.15, 0.2) is 5.82 Å². The van der Waals surface area contributed by atoms with Crippen molar-refractivity contribution in [1.82, 2.24) is 24.7 Å². The Hall–Kier alpha value is -2.51. The number of rotatable bonds is 5. The average molecular weight is 365 g/mol. The molecular weight excluding hydrogens is 350 g/mol. The number of thioether (sulfide) groups is 1. The lowest BCUT2D eigenvalue weighted by molar-refractivity contribution is 0.841. The number of imidazole rings is 1. The molecule has 3 heterocycles. The van der Waals surface area contributed by atoms with E-state index in [0.717, 1.165) is 38.7 Å². The first-order valence-electron chi connectivity index (χ1n) is 7.76. The van der Waals surface area contributed by atoms with Gasteiger partial charge in [-0.05, 0) is 19.1 Å². The van der Waals surface area contributed by atoms with Gasteiger partial charge in [0, 0.05) is 29.1 Å². The average Bonchev–Trinajstić information content (AvgIpc) is 3.30. The zero-order valence-electron chi connectivity index (χ0n) is 13.5. The number of nitrogens with zero attached hydrogens (tertiary/aromatic N) is 5. The monoisotopic (exact) mass is 365 g/mol. The van der Waals surface area contributed by atoms with Crippen LogP contribution >= 0.6 is 23.1 Å². The summed E-state index contributed by atoms with van der Waals surface area (Å²) in [6.45, 7) is 1.94. The number of benzene rings is 1. The third-order valence-corrected chi connectivity index (χ3v) is 5.53. The predicted molar refractivity (Wildman–Crippen MR) is 101 cm³/mol. The Labute approximate surface area is 153 Å². The Morgan fingerprint density at radius 1 is 1.08 bits per heavy atom. The third-order valence-electron chi connectivity index (χ3n) is 3.64. The molecule has 0 aliphatic carbocycles. The van der Waals surface area contributed by atoms with Crippen molar-refractivity contribution in [3.8, 4) is 16.4 Å². The topological polar surface area (TPSA) is 56.5 Å². The van der Waals surface area contributed by atoms with Gasteiger partial charge in [-0.3, -0.25) is 4.57 Å². The van der Waals surface area contributed by atoms with Crippen molar-refractivity contribution in [2.24, 2.45) is 0 Å². The fourth-order valence-electron chi connectivity index (χ4n) is 2.37. The Kier molecular flexibility index (Phi) is 4.58. The molecule has 0 saturated heterocycles.